The van der Waals surface area contributed by atoms with E-state index in [0.29, 0.717) is 32.6 Å². The Morgan fingerprint density at radius 3 is 2.25 bits per heavy atom. The Bertz CT molecular complexity index is 723. The Morgan fingerprint density at radius 2 is 1.56 bits per heavy atom. The maximum Gasteiger partial charge on any atom is 0.138 e. The number of nitrogens with zero attached hydrogens (tertiary/aromatic N) is 5. The molecule has 9 heteroatoms. The number of anilines is 1. The highest BCUT2D eigenvalue weighted by atomic mass is 32.2. The van der Waals surface area contributed by atoms with Crippen molar-refractivity contribution < 1.29 is 0 Å². The SMILES string of the molecule is N#CSc1c(N)c2nsnc2c2nsnc12. The zero-order valence-corrected chi connectivity index (χ0v) is 9.99. The number of thioether (sulfide) groups is 1. The number of nitriles is 1. The maximum atomic E-state index is 8.74. The number of hydrogen-bond donors (Lipinski definition) is 1. The van der Waals surface area contributed by atoms with Gasteiger partial charge in [-0.25, -0.2) is 0 Å². The fourth-order valence-corrected chi connectivity index (χ4v) is 3.11. The first-order valence-electron chi connectivity index (χ1n) is 4.05. The molecule has 16 heavy (non-hydrogen) atoms. The number of nitrogen functional groups attached to an aromatic ring is 1. The first-order chi connectivity index (χ1) is 7.83. The molecular formula is C7H2N6S3. The fourth-order valence-electron chi connectivity index (χ4n) is 1.40. The third-order valence-corrected chi connectivity index (χ3v) is 3.83. The van der Waals surface area contributed by atoms with E-state index in [4.69, 9.17) is 11.0 Å². The van der Waals surface area contributed by atoms with Gasteiger partial charge < -0.3 is 5.73 Å². The van der Waals surface area contributed by atoms with Crippen LogP contribution >= 0.6 is 35.2 Å². The van der Waals surface area contributed by atoms with Crippen LogP contribution in [0.5, 0.6) is 0 Å². The average molecular weight is 266 g/mol. The van der Waals surface area contributed by atoms with Crippen LogP contribution in [-0.2, 0) is 0 Å². The van der Waals surface area contributed by atoms with Crippen LogP contribution in [0.4, 0.5) is 5.69 Å². The molecule has 0 bridgehead atoms. The molecule has 2 heterocycles. The average Bonchev–Trinajstić information content (AvgIpc) is 2.90. The third-order valence-electron chi connectivity index (χ3n) is 2.06. The van der Waals surface area contributed by atoms with Gasteiger partial charge in [-0.05, 0) is 11.8 Å². The van der Waals surface area contributed by atoms with E-state index in [2.05, 4.69) is 17.5 Å². The van der Waals surface area contributed by atoms with Gasteiger partial charge >= 0.3 is 0 Å². The highest BCUT2D eigenvalue weighted by molar-refractivity contribution is 8.04. The van der Waals surface area contributed by atoms with Gasteiger partial charge in [0.25, 0.3) is 0 Å². The third kappa shape index (κ3) is 1.18. The van der Waals surface area contributed by atoms with E-state index in [1.165, 1.54) is 0 Å². The minimum Gasteiger partial charge on any atom is -0.396 e. The molecule has 0 saturated carbocycles. The second-order valence-corrected chi connectivity index (χ2v) is 4.71. The molecule has 6 nitrogen and oxygen atoms in total. The van der Waals surface area contributed by atoms with E-state index in [0.717, 1.165) is 35.2 Å². The molecule has 2 N–H and O–H groups in total. The lowest BCUT2D eigenvalue weighted by Gasteiger charge is -2.00. The molecule has 0 spiro atoms. The number of fused-ring (bicyclic) bond motifs is 3. The monoisotopic (exact) mass is 266 g/mol. The van der Waals surface area contributed by atoms with Crippen LogP contribution in [0.2, 0.25) is 0 Å². The van der Waals surface area contributed by atoms with Crippen molar-refractivity contribution in [3.8, 4) is 5.40 Å². The summed E-state index contributed by atoms with van der Waals surface area (Å²) in [6, 6.07) is 0. The number of thiocyanates is 1. The van der Waals surface area contributed by atoms with Crippen molar-refractivity contribution in [1.29, 1.82) is 5.26 Å². The maximum absolute atomic E-state index is 8.74. The molecule has 3 rings (SSSR count). The number of nitrogens with two attached hydrogens (primary N) is 1. The van der Waals surface area contributed by atoms with Crippen molar-refractivity contribution >= 4 is 63.0 Å². The van der Waals surface area contributed by atoms with Crippen LogP contribution in [0.3, 0.4) is 0 Å². The molecule has 78 valence electrons. The van der Waals surface area contributed by atoms with Gasteiger partial charge in [0.2, 0.25) is 0 Å². The normalized spacial score (nSPS) is 10.9. The van der Waals surface area contributed by atoms with Crippen LogP contribution in [0.15, 0.2) is 4.90 Å². The van der Waals surface area contributed by atoms with Gasteiger partial charge in [0, 0.05) is 0 Å². The summed E-state index contributed by atoms with van der Waals surface area (Å²) in [5.41, 5.74) is 8.96. The van der Waals surface area contributed by atoms with Gasteiger partial charge in [0.1, 0.15) is 27.5 Å². The van der Waals surface area contributed by atoms with Crippen molar-refractivity contribution in [3.05, 3.63) is 0 Å². The van der Waals surface area contributed by atoms with Gasteiger partial charge in [-0.3, -0.25) is 0 Å². The summed E-state index contributed by atoms with van der Waals surface area (Å²) in [6.07, 6.45) is 0. The highest BCUT2D eigenvalue weighted by Gasteiger charge is 2.18. The molecule has 0 aliphatic carbocycles. The van der Waals surface area contributed by atoms with Crippen molar-refractivity contribution in [3.63, 3.8) is 0 Å². The zero-order chi connectivity index (χ0) is 11.1. The lowest BCUT2D eigenvalue weighted by atomic mass is 10.2. The van der Waals surface area contributed by atoms with Gasteiger partial charge in [0.05, 0.1) is 34.0 Å². The quantitative estimate of drug-likeness (QED) is 0.407. The molecule has 3 aromatic rings. The van der Waals surface area contributed by atoms with Crippen molar-refractivity contribution in [2.24, 2.45) is 0 Å². The van der Waals surface area contributed by atoms with Gasteiger partial charge in [0.15, 0.2) is 0 Å². The van der Waals surface area contributed by atoms with Crippen LogP contribution < -0.4 is 5.73 Å². The predicted octanol–water partition coefficient (Wildman–Crippen LogP) is 1.85. The summed E-state index contributed by atoms with van der Waals surface area (Å²) in [5, 5.41) is 10.7. The predicted molar refractivity (Wildman–Crippen MR) is 64.3 cm³/mol. The van der Waals surface area contributed by atoms with E-state index in [-0.39, 0.29) is 0 Å². The molecule has 0 aliphatic heterocycles. The highest BCUT2D eigenvalue weighted by Crippen LogP contribution is 2.37. The second kappa shape index (κ2) is 3.51. The first kappa shape index (κ1) is 9.71. The molecule has 0 fully saturated rings. The molecule has 0 atom stereocenters. The molecule has 2 aromatic heterocycles. The second-order valence-electron chi connectivity index (χ2n) is 2.86. The van der Waals surface area contributed by atoms with Gasteiger partial charge in [-0.2, -0.15) is 22.8 Å². The lowest BCUT2D eigenvalue weighted by Crippen LogP contribution is -1.92. The van der Waals surface area contributed by atoms with Gasteiger partial charge in [-0.15, -0.1) is 0 Å². The number of rotatable bonds is 1. The van der Waals surface area contributed by atoms with Crippen molar-refractivity contribution in [1.82, 2.24) is 17.5 Å². The summed E-state index contributed by atoms with van der Waals surface area (Å²) >= 11 is 3.13. The Labute approximate surface area is 102 Å². The fraction of sp³-hybridized carbons (Fsp3) is 0. The Hall–Kier alpha value is -1.50. The van der Waals surface area contributed by atoms with Crippen LogP contribution in [0.1, 0.15) is 0 Å². The van der Waals surface area contributed by atoms with E-state index in [1.807, 2.05) is 5.40 Å². The molecule has 0 aliphatic rings. The minimum absolute atomic E-state index is 0.454. The molecular weight excluding hydrogens is 264 g/mol. The van der Waals surface area contributed by atoms with E-state index < -0.39 is 0 Å². The smallest absolute Gasteiger partial charge is 0.138 e. The first-order valence-corrected chi connectivity index (χ1v) is 6.32. The zero-order valence-electron chi connectivity index (χ0n) is 7.54. The Balaban J connectivity index is 2.56. The van der Waals surface area contributed by atoms with Crippen LogP contribution in [0, 0.1) is 10.7 Å². The summed E-state index contributed by atoms with van der Waals surface area (Å²) in [5.74, 6) is 0. The molecule has 1 aromatic carbocycles. The number of aromatic nitrogens is 4. The molecule has 0 radical (unpaired) electrons. The number of hydrogen-bond acceptors (Lipinski definition) is 9. The molecule has 0 saturated heterocycles. The van der Waals surface area contributed by atoms with Crippen LogP contribution in [0.25, 0.3) is 22.1 Å². The topological polar surface area (TPSA) is 101 Å². The standard InChI is InChI=1S/C7H2N6S3/c8-1-14-7-2(9)3-4(11-15-10-3)5-6(7)13-16-12-5/h9H2. The number of benzene rings is 1. The Morgan fingerprint density at radius 1 is 1.00 bits per heavy atom. The van der Waals surface area contributed by atoms with Crippen molar-refractivity contribution in [2.45, 2.75) is 4.90 Å². The van der Waals surface area contributed by atoms with Gasteiger partial charge in [-0.1, -0.05) is 0 Å². The van der Waals surface area contributed by atoms with E-state index in [1.54, 1.807) is 0 Å². The van der Waals surface area contributed by atoms with Crippen LogP contribution in [-0.4, -0.2) is 17.5 Å². The van der Waals surface area contributed by atoms with Crippen molar-refractivity contribution in [2.75, 3.05) is 5.73 Å². The van der Waals surface area contributed by atoms with E-state index >= 15 is 0 Å². The lowest BCUT2D eigenvalue weighted by molar-refractivity contribution is 1.48. The Kier molecular flexibility index (Phi) is 2.13. The minimum atomic E-state index is 0.454. The summed E-state index contributed by atoms with van der Waals surface area (Å²) in [4.78, 5) is 0.617. The summed E-state index contributed by atoms with van der Waals surface area (Å²) in [7, 11) is 0. The molecule has 0 amide bonds. The van der Waals surface area contributed by atoms with E-state index in [9.17, 15) is 0 Å². The largest absolute Gasteiger partial charge is 0.396 e. The molecule has 0 unspecified atom stereocenters. The summed E-state index contributed by atoms with van der Waals surface area (Å²) in [6.45, 7) is 0. The summed E-state index contributed by atoms with van der Waals surface area (Å²) < 4.78 is 16.6.